The van der Waals surface area contributed by atoms with Gasteiger partial charge in [0.1, 0.15) is 0 Å². The van der Waals surface area contributed by atoms with Crippen LogP contribution in [0, 0.1) is 0 Å². The van der Waals surface area contributed by atoms with Gasteiger partial charge < -0.3 is 4.90 Å². The van der Waals surface area contributed by atoms with Crippen LogP contribution in [0.3, 0.4) is 0 Å². The molecule has 1 saturated heterocycles. The van der Waals surface area contributed by atoms with Crippen molar-refractivity contribution in [1.29, 1.82) is 0 Å². The van der Waals surface area contributed by atoms with Crippen LogP contribution >= 0.6 is 11.3 Å². The molecular weight excluding hydrogens is 328 g/mol. The van der Waals surface area contributed by atoms with Crippen LogP contribution in [-0.2, 0) is 6.54 Å². The molecule has 2 aromatic carbocycles. The van der Waals surface area contributed by atoms with E-state index < -0.39 is 0 Å². The minimum Gasteiger partial charge on any atom is -0.333 e. The Labute approximate surface area is 152 Å². The molecule has 2 heterocycles. The molecule has 0 bridgehead atoms. The number of hydrogen-bond acceptors (Lipinski definition) is 3. The van der Waals surface area contributed by atoms with Gasteiger partial charge in [-0.2, -0.15) is 0 Å². The van der Waals surface area contributed by atoms with Crippen LogP contribution in [0.2, 0.25) is 0 Å². The Morgan fingerprint density at radius 3 is 2.60 bits per heavy atom. The van der Waals surface area contributed by atoms with E-state index in [-0.39, 0.29) is 11.9 Å². The first-order chi connectivity index (χ1) is 12.2. The molecule has 3 aromatic rings. The third kappa shape index (κ3) is 3.46. The third-order valence-corrected chi connectivity index (χ3v) is 5.96. The van der Waals surface area contributed by atoms with Gasteiger partial charge in [0.05, 0.1) is 4.88 Å². The number of piperazine rings is 1. The van der Waals surface area contributed by atoms with E-state index in [4.69, 9.17) is 0 Å². The first-order valence-electron chi connectivity index (χ1n) is 8.76. The summed E-state index contributed by atoms with van der Waals surface area (Å²) in [6.45, 7) is 5.75. The van der Waals surface area contributed by atoms with Gasteiger partial charge in [0.2, 0.25) is 0 Å². The minimum absolute atomic E-state index is 0.174. The second kappa shape index (κ2) is 6.98. The maximum Gasteiger partial charge on any atom is 0.264 e. The molecule has 1 amide bonds. The number of carbonyl (C=O) groups excluding carboxylic acids is 1. The maximum atomic E-state index is 13.0. The summed E-state index contributed by atoms with van der Waals surface area (Å²) < 4.78 is 1.18. The molecule has 25 heavy (non-hydrogen) atoms. The van der Waals surface area contributed by atoms with Crippen LogP contribution < -0.4 is 0 Å². The number of carbonyl (C=O) groups is 1. The second-order valence-corrected chi connectivity index (χ2v) is 7.80. The van der Waals surface area contributed by atoms with Crippen LogP contribution in [0.1, 0.15) is 22.2 Å². The van der Waals surface area contributed by atoms with E-state index in [2.05, 4.69) is 48.2 Å². The average molecular weight is 350 g/mol. The van der Waals surface area contributed by atoms with Crippen molar-refractivity contribution in [2.24, 2.45) is 0 Å². The number of thiophene rings is 1. The molecule has 0 radical (unpaired) electrons. The predicted octanol–water partition coefficient (Wildman–Crippen LogP) is 4.25. The molecule has 1 atom stereocenters. The van der Waals surface area contributed by atoms with Crippen molar-refractivity contribution in [2.45, 2.75) is 19.5 Å². The van der Waals surface area contributed by atoms with Crippen LogP contribution in [0.25, 0.3) is 10.1 Å². The van der Waals surface area contributed by atoms with E-state index in [0.29, 0.717) is 0 Å². The lowest BCUT2D eigenvalue weighted by Gasteiger charge is -2.39. The zero-order chi connectivity index (χ0) is 17.2. The summed E-state index contributed by atoms with van der Waals surface area (Å²) in [6.07, 6.45) is 0. The van der Waals surface area contributed by atoms with Crippen LogP contribution in [0.5, 0.6) is 0 Å². The molecule has 4 rings (SSSR count). The van der Waals surface area contributed by atoms with Crippen LogP contribution in [-0.4, -0.2) is 41.4 Å². The van der Waals surface area contributed by atoms with Crippen molar-refractivity contribution < 1.29 is 4.79 Å². The Morgan fingerprint density at radius 1 is 1.08 bits per heavy atom. The monoisotopic (exact) mass is 350 g/mol. The largest absolute Gasteiger partial charge is 0.333 e. The summed E-state index contributed by atoms with van der Waals surface area (Å²) in [7, 11) is 0. The fourth-order valence-corrected chi connectivity index (χ4v) is 4.57. The number of hydrogen-bond donors (Lipinski definition) is 0. The summed E-state index contributed by atoms with van der Waals surface area (Å²) in [6, 6.07) is 21.0. The van der Waals surface area contributed by atoms with Crippen molar-refractivity contribution in [3.63, 3.8) is 0 Å². The van der Waals surface area contributed by atoms with Gasteiger partial charge in [-0.25, -0.2) is 0 Å². The van der Waals surface area contributed by atoms with E-state index in [9.17, 15) is 4.79 Å². The molecule has 1 fully saturated rings. The number of nitrogens with zero attached hydrogens (tertiary/aromatic N) is 2. The Bertz CT molecular complexity index is 841. The molecule has 0 N–H and O–H groups in total. The molecule has 3 nitrogen and oxygen atoms in total. The smallest absolute Gasteiger partial charge is 0.264 e. The highest BCUT2D eigenvalue weighted by Crippen LogP contribution is 2.27. The zero-order valence-electron chi connectivity index (χ0n) is 14.4. The van der Waals surface area contributed by atoms with Crippen molar-refractivity contribution in [1.82, 2.24) is 9.80 Å². The Morgan fingerprint density at radius 2 is 1.84 bits per heavy atom. The van der Waals surface area contributed by atoms with Crippen LogP contribution in [0.4, 0.5) is 0 Å². The normalized spacial score (nSPS) is 18.6. The number of amides is 1. The van der Waals surface area contributed by atoms with Gasteiger partial charge in [-0.3, -0.25) is 9.69 Å². The quantitative estimate of drug-likeness (QED) is 0.705. The summed E-state index contributed by atoms with van der Waals surface area (Å²) >= 11 is 1.60. The summed E-state index contributed by atoms with van der Waals surface area (Å²) in [5.74, 6) is 0.174. The maximum absolute atomic E-state index is 13.0. The average Bonchev–Trinajstić information content (AvgIpc) is 3.06. The first kappa shape index (κ1) is 16.3. The Hall–Kier alpha value is -2.17. The summed E-state index contributed by atoms with van der Waals surface area (Å²) in [5.41, 5.74) is 1.33. The van der Waals surface area contributed by atoms with Crippen molar-refractivity contribution in [3.8, 4) is 0 Å². The Balaban J connectivity index is 1.44. The van der Waals surface area contributed by atoms with E-state index >= 15 is 0 Å². The molecule has 0 spiro atoms. The molecule has 1 aliphatic heterocycles. The van der Waals surface area contributed by atoms with Gasteiger partial charge in [0.25, 0.3) is 5.91 Å². The highest BCUT2D eigenvalue weighted by Gasteiger charge is 2.28. The molecule has 128 valence electrons. The first-order valence-corrected chi connectivity index (χ1v) is 9.58. The number of fused-ring (bicyclic) bond motifs is 1. The molecule has 1 aromatic heterocycles. The topological polar surface area (TPSA) is 23.6 Å². The molecule has 1 unspecified atom stereocenters. The molecule has 0 saturated carbocycles. The summed E-state index contributed by atoms with van der Waals surface area (Å²) in [4.78, 5) is 18.3. The van der Waals surface area contributed by atoms with E-state index in [1.165, 1.54) is 10.3 Å². The standard InChI is InChI=1S/C21H22N2OS/c1-16-14-22(15-17-7-3-2-4-8-17)11-12-23(16)21(24)20-13-18-9-5-6-10-19(18)25-20/h2-10,13,16H,11-12,14-15H2,1H3. The van der Waals surface area contributed by atoms with Crippen molar-refractivity contribution in [3.05, 3.63) is 71.1 Å². The van der Waals surface area contributed by atoms with Gasteiger partial charge in [0, 0.05) is 36.9 Å². The fraction of sp³-hybridized carbons (Fsp3) is 0.286. The van der Waals surface area contributed by atoms with Crippen molar-refractivity contribution >= 4 is 27.3 Å². The number of rotatable bonds is 3. The van der Waals surface area contributed by atoms with Gasteiger partial charge in [-0.05, 0) is 30.0 Å². The fourth-order valence-electron chi connectivity index (χ4n) is 3.55. The summed E-state index contributed by atoms with van der Waals surface area (Å²) in [5, 5.41) is 1.16. The Kier molecular flexibility index (Phi) is 4.55. The van der Waals surface area contributed by atoms with Crippen LogP contribution in [0.15, 0.2) is 60.7 Å². The van der Waals surface area contributed by atoms with E-state index in [1.54, 1.807) is 11.3 Å². The predicted molar refractivity (Wildman–Crippen MR) is 104 cm³/mol. The number of benzene rings is 2. The van der Waals surface area contributed by atoms with Gasteiger partial charge in [-0.15, -0.1) is 11.3 Å². The molecule has 1 aliphatic rings. The molecular formula is C21H22N2OS. The highest BCUT2D eigenvalue weighted by atomic mass is 32.1. The minimum atomic E-state index is 0.174. The molecule has 4 heteroatoms. The van der Waals surface area contributed by atoms with E-state index in [0.717, 1.165) is 36.4 Å². The van der Waals surface area contributed by atoms with Crippen molar-refractivity contribution in [2.75, 3.05) is 19.6 Å². The lowest BCUT2D eigenvalue weighted by atomic mass is 10.1. The second-order valence-electron chi connectivity index (χ2n) is 6.72. The lowest BCUT2D eigenvalue weighted by Crippen LogP contribution is -2.53. The van der Waals surface area contributed by atoms with Gasteiger partial charge in [0.15, 0.2) is 0 Å². The SMILES string of the molecule is CC1CN(Cc2ccccc2)CCN1C(=O)c1cc2ccccc2s1. The third-order valence-electron chi connectivity index (χ3n) is 4.86. The van der Waals surface area contributed by atoms with Gasteiger partial charge >= 0.3 is 0 Å². The lowest BCUT2D eigenvalue weighted by molar-refractivity contribution is 0.0480. The van der Waals surface area contributed by atoms with E-state index in [1.807, 2.05) is 29.2 Å². The molecule has 0 aliphatic carbocycles. The zero-order valence-corrected chi connectivity index (χ0v) is 15.2. The van der Waals surface area contributed by atoms with Gasteiger partial charge in [-0.1, -0.05) is 48.5 Å². The highest BCUT2D eigenvalue weighted by molar-refractivity contribution is 7.20.